The molecule has 29 heavy (non-hydrogen) atoms. The second-order valence-electron chi connectivity index (χ2n) is 8.33. The van der Waals surface area contributed by atoms with Crippen LogP contribution in [0.15, 0.2) is 91.0 Å². The highest BCUT2D eigenvalue weighted by Gasteiger charge is 2.34. The average Bonchev–Trinajstić information content (AvgIpc) is 2.74. The van der Waals surface area contributed by atoms with E-state index in [2.05, 4.69) is 97.7 Å². The van der Waals surface area contributed by atoms with Gasteiger partial charge in [0.05, 0.1) is 5.60 Å². The summed E-state index contributed by atoms with van der Waals surface area (Å²) in [5.74, 6) is 0.142. The molecule has 2 nitrogen and oxygen atoms in total. The molecule has 152 valence electrons. The molecule has 1 N–H and O–H groups in total. The minimum Gasteiger partial charge on any atom is -0.389 e. The van der Waals surface area contributed by atoms with Crippen molar-refractivity contribution < 1.29 is 5.11 Å². The molecule has 0 aliphatic rings. The molecule has 0 aliphatic heterocycles. The van der Waals surface area contributed by atoms with Gasteiger partial charge in [-0.05, 0) is 36.1 Å². The zero-order valence-corrected chi connectivity index (χ0v) is 17.7. The number of nitrogens with zero attached hydrogens (tertiary/aromatic N) is 1. The highest BCUT2D eigenvalue weighted by molar-refractivity contribution is 5.22. The van der Waals surface area contributed by atoms with E-state index in [4.69, 9.17) is 0 Å². The fraction of sp³-hybridized carbons (Fsp3) is 0.333. The highest BCUT2D eigenvalue weighted by Crippen LogP contribution is 2.28. The zero-order valence-electron chi connectivity index (χ0n) is 17.7. The van der Waals surface area contributed by atoms with Crippen molar-refractivity contribution in [3.63, 3.8) is 0 Å². The number of rotatable bonds is 10. The molecule has 0 saturated heterocycles. The van der Waals surface area contributed by atoms with Gasteiger partial charge in [0.1, 0.15) is 0 Å². The van der Waals surface area contributed by atoms with Gasteiger partial charge >= 0.3 is 0 Å². The molecule has 3 aromatic carbocycles. The second kappa shape index (κ2) is 10.4. The second-order valence-corrected chi connectivity index (χ2v) is 8.33. The van der Waals surface area contributed by atoms with E-state index in [9.17, 15) is 5.11 Å². The first kappa shape index (κ1) is 21.3. The van der Waals surface area contributed by atoms with Crippen LogP contribution < -0.4 is 0 Å². The van der Waals surface area contributed by atoms with E-state index in [0.29, 0.717) is 12.8 Å². The van der Waals surface area contributed by atoms with Crippen LogP contribution in [0.5, 0.6) is 0 Å². The molecular weight excluding hydrogens is 354 g/mol. The van der Waals surface area contributed by atoms with Crippen molar-refractivity contribution in [3.8, 4) is 0 Å². The lowest BCUT2D eigenvalue weighted by atomic mass is 9.78. The van der Waals surface area contributed by atoms with Gasteiger partial charge in [0, 0.05) is 25.9 Å². The predicted molar refractivity (Wildman–Crippen MR) is 122 cm³/mol. The molecule has 2 heteroatoms. The maximum absolute atomic E-state index is 11.8. The number of likely N-dealkylation sites (N-methyl/N-ethyl adjacent to an activating group) is 1. The molecule has 0 aliphatic carbocycles. The van der Waals surface area contributed by atoms with Gasteiger partial charge in [-0.2, -0.15) is 0 Å². The van der Waals surface area contributed by atoms with Crippen LogP contribution >= 0.6 is 0 Å². The Hall–Kier alpha value is -2.42. The summed E-state index contributed by atoms with van der Waals surface area (Å²) in [6.07, 6.45) is 2.35. The number of aliphatic hydroxyl groups is 1. The number of hydrogen-bond donors (Lipinski definition) is 1. The van der Waals surface area contributed by atoms with Crippen molar-refractivity contribution in [1.29, 1.82) is 0 Å². The minimum atomic E-state index is -0.788. The van der Waals surface area contributed by atoms with Crippen LogP contribution in [0.25, 0.3) is 0 Å². The lowest BCUT2D eigenvalue weighted by Crippen LogP contribution is -2.46. The van der Waals surface area contributed by atoms with Crippen LogP contribution in [0.2, 0.25) is 0 Å². The molecule has 3 aromatic rings. The Morgan fingerprint density at radius 3 is 1.59 bits per heavy atom. The number of benzene rings is 3. The quantitative estimate of drug-likeness (QED) is 0.528. The van der Waals surface area contributed by atoms with Gasteiger partial charge in [-0.1, -0.05) is 97.9 Å². The van der Waals surface area contributed by atoms with E-state index in [-0.39, 0.29) is 5.92 Å². The van der Waals surface area contributed by atoms with Crippen molar-refractivity contribution >= 4 is 0 Å². The lowest BCUT2D eigenvalue weighted by Gasteiger charge is -2.37. The fourth-order valence-electron chi connectivity index (χ4n) is 4.00. The van der Waals surface area contributed by atoms with Crippen LogP contribution in [-0.4, -0.2) is 35.7 Å². The highest BCUT2D eigenvalue weighted by atomic mass is 16.3. The van der Waals surface area contributed by atoms with Crippen molar-refractivity contribution in [3.05, 3.63) is 108 Å². The normalized spacial score (nSPS) is 12.8. The van der Waals surface area contributed by atoms with Crippen molar-refractivity contribution in [1.82, 2.24) is 4.90 Å². The summed E-state index contributed by atoms with van der Waals surface area (Å²) in [5, 5.41) is 11.8. The van der Waals surface area contributed by atoms with E-state index < -0.39 is 5.60 Å². The SMILES string of the molecule is CC(CN(C)CCc1ccccc1)C(O)(Cc1ccccc1)Cc1ccccc1. The van der Waals surface area contributed by atoms with Crippen LogP contribution in [0.4, 0.5) is 0 Å². The predicted octanol–water partition coefficient (Wildman–Crippen LogP) is 5.01. The Balaban J connectivity index is 1.68. The topological polar surface area (TPSA) is 23.5 Å². The minimum absolute atomic E-state index is 0.142. The van der Waals surface area contributed by atoms with Gasteiger partial charge in [-0.15, -0.1) is 0 Å². The van der Waals surface area contributed by atoms with Gasteiger partial charge in [0.15, 0.2) is 0 Å². The van der Waals surface area contributed by atoms with Gasteiger partial charge in [-0.25, -0.2) is 0 Å². The summed E-state index contributed by atoms with van der Waals surface area (Å²) in [5.41, 5.74) is 2.94. The van der Waals surface area contributed by atoms with Crippen molar-refractivity contribution in [2.75, 3.05) is 20.1 Å². The maximum atomic E-state index is 11.8. The Bertz CT molecular complexity index is 791. The molecule has 1 unspecified atom stereocenters. The third-order valence-corrected chi connectivity index (χ3v) is 5.83. The smallest absolute Gasteiger partial charge is 0.0765 e. The van der Waals surface area contributed by atoms with Gasteiger partial charge in [-0.3, -0.25) is 0 Å². The van der Waals surface area contributed by atoms with E-state index in [1.165, 1.54) is 16.7 Å². The summed E-state index contributed by atoms with van der Waals surface area (Å²) in [6, 6.07) is 31.3. The molecule has 3 rings (SSSR count). The molecule has 0 fully saturated rings. The monoisotopic (exact) mass is 387 g/mol. The Labute approximate surface area is 175 Å². The van der Waals surface area contributed by atoms with Gasteiger partial charge in [0.25, 0.3) is 0 Å². The molecule has 0 radical (unpaired) electrons. The fourth-order valence-corrected chi connectivity index (χ4v) is 4.00. The van der Waals surface area contributed by atoms with Gasteiger partial charge in [0.2, 0.25) is 0 Å². The average molecular weight is 388 g/mol. The molecule has 0 bridgehead atoms. The van der Waals surface area contributed by atoms with Gasteiger partial charge < -0.3 is 10.0 Å². The largest absolute Gasteiger partial charge is 0.389 e. The van der Waals surface area contributed by atoms with Crippen LogP contribution in [0.3, 0.4) is 0 Å². The van der Waals surface area contributed by atoms with Crippen LogP contribution in [-0.2, 0) is 19.3 Å². The summed E-state index contributed by atoms with van der Waals surface area (Å²) in [7, 11) is 2.16. The number of hydrogen-bond acceptors (Lipinski definition) is 2. The Morgan fingerprint density at radius 2 is 1.14 bits per heavy atom. The summed E-state index contributed by atoms with van der Waals surface area (Å²) < 4.78 is 0. The zero-order chi connectivity index (χ0) is 20.5. The van der Waals surface area contributed by atoms with E-state index in [1.807, 2.05) is 12.1 Å². The third kappa shape index (κ3) is 6.56. The van der Waals surface area contributed by atoms with E-state index in [1.54, 1.807) is 0 Å². The molecular formula is C27H33NO. The Morgan fingerprint density at radius 1 is 0.724 bits per heavy atom. The standard InChI is InChI=1S/C27H33NO/c1-23(22-28(2)19-18-24-12-6-3-7-13-24)27(29,20-25-14-8-4-9-15-25)21-26-16-10-5-11-17-26/h3-17,23,29H,18-22H2,1-2H3. The molecule has 0 amide bonds. The van der Waals surface area contributed by atoms with E-state index >= 15 is 0 Å². The molecule has 0 saturated carbocycles. The van der Waals surface area contributed by atoms with Crippen LogP contribution in [0.1, 0.15) is 23.6 Å². The van der Waals surface area contributed by atoms with E-state index in [0.717, 1.165) is 19.5 Å². The maximum Gasteiger partial charge on any atom is 0.0765 e. The first-order valence-electron chi connectivity index (χ1n) is 10.6. The molecule has 0 heterocycles. The third-order valence-electron chi connectivity index (χ3n) is 5.83. The Kier molecular flexibility index (Phi) is 7.62. The first-order valence-corrected chi connectivity index (χ1v) is 10.6. The molecule has 0 spiro atoms. The summed E-state index contributed by atoms with van der Waals surface area (Å²) in [4.78, 5) is 2.35. The molecule has 1 atom stereocenters. The van der Waals surface area contributed by atoms with Crippen molar-refractivity contribution in [2.24, 2.45) is 5.92 Å². The first-order chi connectivity index (χ1) is 14.0. The van der Waals surface area contributed by atoms with Crippen LogP contribution in [0, 0.1) is 5.92 Å². The summed E-state index contributed by atoms with van der Waals surface area (Å²) in [6.45, 7) is 4.04. The molecule has 0 aromatic heterocycles. The summed E-state index contributed by atoms with van der Waals surface area (Å²) >= 11 is 0. The van der Waals surface area contributed by atoms with Crippen molar-refractivity contribution in [2.45, 2.75) is 31.8 Å². The lowest BCUT2D eigenvalue weighted by molar-refractivity contribution is -0.0216.